The molecule has 3 nitrogen and oxygen atoms in total. The summed E-state index contributed by atoms with van der Waals surface area (Å²) in [5, 5.41) is 12.3. The third-order valence-electron chi connectivity index (χ3n) is 1.89. The molecule has 1 rings (SSSR count). The average Bonchev–Trinajstić information content (AvgIpc) is 2.28. The molecule has 0 heterocycles. The van der Waals surface area contributed by atoms with Gasteiger partial charge in [-0.2, -0.15) is 0 Å². The lowest BCUT2D eigenvalue weighted by Gasteiger charge is -2.10. The van der Waals surface area contributed by atoms with Crippen molar-refractivity contribution in [2.75, 3.05) is 24.3 Å². The molecular formula is C11H16ClNO2. The Hall–Kier alpha value is -0.930. The van der Waals surface area contributed by atoms with E-state index < -0.39 is 6.10 Å². The summed E-state index contributed by atoms with van der Waals surface area (Å²) in [5.74, 6) is 1.09. The third-order valence-corrected chi connectivity index (χ3v) is 2.24. The van der Waals surface area contributed by atoms with E-state index in [0.29, 0.717) is 13.2 Å². The highest BCUT2D eigenvalue weighted by atomic mass is 35.5. The van der Waals surface area contributed by atoms with Crippen molar-refractivity contribution in [1.82, 2.24) is 0 Å². The Kier molecular flexibility index (Phi) is 5.29. The van der Waals surface area contributed by atoms with E-state index in [9.17, 15) is 5.11 Å². The van der Waals surface area contributed by atoms with Crippen molar-refractivity contribution < 1.29 is 9.84 Å². The number of halogens is 1. The lowest BCUT2D eigenvalue weighted by atomic mass is 10.3. The van der Waals surface area contributed by atoms with Crippen LogP contribution in [0.3, 0.4) is 0 Å². The molecule has 1 unspecified atom stereocenters. The van der Waals surface area contributed by atoms with Gasteiger partial charge in [0.05, 0.1) is 18.6 Å². The predicted octanol–water partition coefficient (Wildman–Crippen LogP) is 2.10. The highest BCUT2D eigenvalue weighted by molar-refractivity contribution is 6.18. The van der Waals surface area contributed by atoms with Gasteiger partial charge in [-0.15, -0.1) is 11.6 Å². The van der Waals surface area contributed by atoms with E-state index in [0.717, 1.165) is 11.4 Å². The summed E-state index contributed by atoms with van der Waals surface area (Å²) >= 11 is 5.47. The van der Waals surface area contributed by atoms with Crippen LogP contribution in [0.4, 0.5) is 5.69 Å². The van der Waals surface area contributed by atoms with Crippen LogP contribution < -0.4 is 10.1 Å². The Balaban J connectivity index is 2.42. The summed E-state index contributed by atoms with van der Waals surface area (Å²) in [6, 6.07) is 7.59. The number of anilines is 1. The molecule has 1 aromatic rings. The second-order valence-electron chi connectivity index (χ2n) is 3.15. The van der Waals surface area contributed by atoms with E-state index in [4.69, 9.17) is 16.3 Å². The molecule has 15 heavy (non-hydrogen) atoms. The van der Waals surface area contributed by atoms with Crippen LogP contribution in [0.15, 0.2) is 24.3 Å². The minimum atomic E-state index is -0.516. The molecule has 0 saturated heterocycles. The van der Waals surface area contributed by atoms with Gasteiger partial charge in [-0.05, 0) is 31.2 Å². The summed E-state index contributed by atoms with van der Waals surface area (Å²) in [4.78, 5) is 0. The van der Waals surface area contributed by atoms with E-state index in [-0.39, 0.29) is 5.88 Å². The van der Waals surface area contributed by atoms with Crippen molar-refractivity contribution in [3.8, 4) is 5.75 Å². The lowest BCUT2D eigenvalue weighted by molar-refractivity contribution is 0.211. The fourth-order valence-electron chi connectivity index (χ4n) is 1.13. The van der Waals surface area contributed by atoms with E-state index >= 15 is 0 Å². The van der Waals surface area contributed by atoms with Gasteiger partial charge in [-0.1, -0.05) is 0 Å². The number of aliphatic hydroxyl groups is 1. The predicted molar refractivity (Wildman–Crippen MR) is 62.8 cm³/mol. The molecule has 0 spiro atoms. The first-order valence-corrected chi connectivity index (χ1v) is 5.50. The number of hydrogen-bond acceptors (Lipinski definition) is 3. The van der Waals surface area contributed by atoms with Gasteiger partial charge in [0.1, 0.15) is 5.75 Å². The molecule has 0 radical (unpaired) electrons. The normalized spacial score (nSPS) is 12.2. The van der Waals surface area contributed by atoms with Crippen molar-refractivity contribution in [2.24, 2.45) is 0 Å². The van der Waals surface area contributed by atoms with Gasteiger partial charge in [0.25, 0.3) is 0 Å². The van der Waals surface area contributed by atoms with Gasteiger partial charge in [-0.25, -0.2) is 0 Å². The minimum Gasteiger partial charge on any atom is -0.494 e. The molecule has 4 heteroatoms. The molecule has 2 N–H and O–H groups in total. The van der Waals surface area contributed by atoms with Crippen LogP contribution in [0.25, 0.3) is 0 Å². The first-order chi connectivity index (χ1) is 7.26. The standard InChI is InChI=1S/C11H16ClNO2/c1-2-15-11-5-3-9(4-6-11)13-8-10(14)7-12/h3-6,10,13-14H,2,7-8H2,1H3. The van der Waals surface area contributed by atoms with Crippen molar-refractivity contribution in [2.45, 2.75) is 13.0 Å². The fourth-order valence-corrected chi connectivity index (χ4v) is 1.24. The van der Waals surface area contributed by atoms with E-state index in [1.807, 2.05) is 31.2 Å². The molecule has 0 amide bonds. The molecule has 0 saturated carbocycles. The molecule has 1 aromatic carbocycles. The molecule has 0 aliphatic carbocycles. The zero-order valence-corrected chi connectivity index (χ0v) is 9.50. The van der Waals surface area contributed by atoms with Crippen molar-refractivity contribution in [1.29, 1.82) is 0 Å². The van der Waals surface area contributed by atoms with E-state index in [1.54, 1.807) is 0 Å². The number of hydrogen-bond donors (Lipinski definition) is 2. The Morgan fingerprint density at radius 1 is 1.40 bits per heavy atom. The highest BCUT2D eigenvalue weighted by Crippen LogP contribution is 2.15. The molecular weight excluding hydrogens is 214 g/mol. The van der Waals surface area contributed by atoms with Crippen LogP contribution in [0.5, 0.6) is 5.75 Å². The monoisotopic (exact) mass is 229 g/mol. The molecule has 0 aliphatic rings. The van der Waals surface area contributed by atoms with Crippen molar-refractivity contribution in [3.05, 3.63) is 24.3 Å². The Morgan fingerprint density at radius 2 is 2.07 bits per heavy atom. The summed E-state index contributed by atoms with van der Waals surface area (Å²) in [5.41, 5.74) is 0.947. The second kappa shape index (κ2) is 6.53. The number of ether oxygens (including phenoxy) is 1. The van der Waals surface area contributed by atoms with Crippen LogP contribution in [-0.4, -0.2) is 30.2 Å². The lowest BCUT2D eigenvalue weighted by Crippen LogP contribution is -2.20. The summed E-state index contributed by atoms with van der Waals surface area (Å²) < 4.78 is 5.31. The zero-order valence-electron chi connectivity index (χ0n) is 8.74. The van der Waals surface area contributed by atoms with Gasteiger partial charge in [0.15, 0.2) is 0 Å². The number of nitrogens with one attached hydrogen (secondary N) is 1. The van der Waals surface area contributed by atoms with Crippen molar-refractivity contribution >= 4 is 17.3 Å². The maximum Gasteiger partial charge on any atom is 0.119 e. The van der Waals surface area contributed by atoms with E-state index in [1.165, 1.54) is 0 Å². The molecule has 0 fully saturated rings. The first-order valence-electron chi connectivity index (χ1n) is 4.97. The Bertz CT molecular complexity index is 276. The quantitative estimate of drug-likeness (QED) is 0.734. The van der Waals surface area contributed by atoms with Gasteiger partial charge in [-0.3, -0.25) is 0 Å². The summed E-state index contributed by atoms with van der Waals surface area (Å²) in [6.07, 6.45) is -0.516. The third kappa shape index (κ3) is 4.40. The SMILES string of the molecule is CCOc1ccc(NCC(O)CCl)cc1. The van der Waals surface area contributed by atoms with E-state index in [2.05, 4.69) is 5.32 Å². The van der Waals surface area contributed by atoms with Crippen LogP contribution >= 0.6 is 11.6 Å². The number of benzene rings is 1. The van der Waals surface area contributed by atoms with Crippen LogP contribution in [0.1, 0.15) is 6.92 Å². The number of rotatable bonds is 6. The summed E-state index contributed by atoms with van der Waals surface area (Å²) in [7, 11) is 0. The van der Waals surface area contributed by atoms with Crippen LogP contribution in [0.2, 0.25) is 0 Å². The van der Waals surface area contributed by atoms with Gasteiger partial charge in [0, 0.05) is 12.2 Å². The second-order valence-corrected chi connectivity index (χ2v) is 3.46. The molecule has 0 bridgehead atoms. The van der Waals surface area contributed by atoms with Crippen LogP contribution in [-0.2, 0) is 0 Å². The molecule has 0 aromatic heterocycles. The largest absolute Gasteiger partial charge is 0.494 e. The topological polar surface area (TPSA) is 41.5 Å². The first kappa shape index (κ1) is 12.1. The maximum absolute atomic E-state index is 9.24. The Morgan fingerprint density at radius 3 is 2.60 bits per heavy atom. The Labute approximate surface area is 95.0 Å². The maximum atomic E-state index is 9.24. The van der Waals surface area contributed by atoms with Gasteiger partial charge >= 0.3 is 0 Å². The number of aliphatic hydroxyl groups excluding tert-OH is 1. The highest BCUT2D eigenvalue weighted by Gasteiger charge is 2.01. The van der Waals surface area contributed by atoms with Gasteiger partial charge in [0.2, 0.25) is 0 Å². The van der Waals surface area contributed by atoms with Gasteiger partial charge < -0.3 is 15.2 Å². The zero-order chi connectivity index (χ0) is 11.1. The summed E-state index contributed by atoms with van der Waals surface area (Å²) in [6.45, 7) is 3.07. The minimum absolute atomic E-state index is 0.240. The average molecular weight is 230 g/mol. The molecule has 84 valence electrons. The number of alkyl halides is 1. The van der Waals surface area contributed by atoms with Crippen molar-refractivity contribution in [3.63, 3.8) is 0 Å². The molecule has 1 atom stereocenters. The fraction of sp³-hybridized carbons (Fsp3) is 0.455. The smallest absolute Gasteiger partial charge is 0.119 e. The molecule has 0 aliphatic heterocycles. The van der Waals surface area contributed by atoms with Crippen LogP contribution in [0, 0.1) is 0 Å².